The van der Waals surface area contributed by atoms with Crippen LogP contribution in [0.1, 0.15) is 27.2 Å². The van der Waals surface area contributed by atoms with Crippen molar-refractivity contribution in [3.63, 3.8) is 0 Å². The van der Waals surface area contributed by atoms with Gasteiger partial charge in [0.1, 0.15) is 0 Å². The SMILES string of the molecule is CC/C(C)=C1\C=CC(Nc2ncc3cccc(Br)c3n2)=CC1C. The second-order valence-corrected chi connectivity index (χ2v) is 6.68. The van der Waals surface area contributed by atoms with Crippen LogP contribution in [0.4, 0.5) is 5.95 Å². The van der Waals surface area contributed by atoms with Gasteiger partial charge in [0, 0.05) is 27.7 Å². The molecule has 118 valence electrons. The summed E-state index contributed by atoms with van der Waals surface area (Å²) in [7, 11) is 0. The van der Waals surface area contributed by atoms with Crippen molar-refractivity contribution in [1.29, 1.82) is 0 Å². The average molecular weight is 370 g/mol. The number of hydrogen-bond donors (Lipinski definition) is 1. The van der Waals surface area contributed by atoms with Crippen LogP contribution in [0.5, 0.6) is 0 Å². The van der Waals surface area contributed by atoms with Crippen LogP contribution in [0.2, 0.25) is 0 Å². The van der Waals surface area contributed by atoms with Crippen molar-refractivity contribution >= 4 is 32.8 Å². The Morgan fingerprint density at radius 1 is 1.30 bits per heavy atom. The minimum Gasteiger partial charge on any atom is -0.324 e. The minimum atomic E-state index is 0.398. The lowest BCUT2D eigenvalue weighted by atomic mass is 9.90. The van der Waals surface area contributed by atoms with Gasteiger partial charge in [0.15, 0.2) is 0 Å². The highest BCUT2D eigenvalue weighted by molar-refractivity contribution is 9.10. The molecule has 1 unspecified atom stereocenters. The van der Waals surface area contributed by atoms with Crippen molar-refractivity contribution in [2.24, 2.45) is 5.92 Å². The Hall–Kier alpha value is -1.94. The van der Waals surface area contributed by atoms with Crippen molar-refractivity contribution in [2.45, 2.75) is 27.2 Å². The zero-order valence-electron chi connectivity index (χ0n) is 13.6. The number of benzene rings is 1. The summed E-state index contributed by atoms with van der Waals surface area (Å²) in [5, 5.41) is 4.34. The third-order valence-corrected chi connectivity index (χ3v) is 4.84. The molecule has 23 heavy (non-hydrogen) atoms. The van der Waals surface area contributed by atoms with Gasteiger partial charge in [-0.3, -0.25) is 0 Å². The number of para-hydroxylation sites is 1. The molecule has 1 aliphatic carbocycles. The van der Waals surface area contributed by atoms with E-state index in [0.717, 1.165) is 27.5 Å². The van der Waals surface area contributed by atoms with Gasteiger partial charge in [0.05, 0.1) is 5.52 Å². The van der Waals surface area contributed by atoms with E-state index in [1.165, 1.54) is 11.1 Å². The van der Waals surface area contributed by atoms with E-state index < -0.39 is 0 Å². The number of aromatic nitrogens is 2. The maximum Gasteiger partial charge on any atom is 0.227 e. The van der Waals surface area contributed by atoms with Crippen molar-refractivity contribution in [3.8, 4) is 0 Å². The fourth-order valence-electron chi connectivity index (χ4n) is 2.77. The van der Waals surface area contributed by atoms with Gasteiger partial charge in [-0.05, 0) is 47.0 Å². The first-order valence-corrected chi connectivity index (χ1v) is 8.65. The number of allylic oxidation sites excluding steroid dienone is 5. The van der Waals surface area contributed by atoms with E-state index in [-0.39, 0.29) is 0 Å². The molecular weight excluding hydrogens is 350 g/mol. The highest BCUT2D eigenvalue weighted by atomic mass is 79.9. The third kappa shape index (κ3) is 3.37. The predicted molar refractivity (Wildman–Crippen MR) is 100 cm³/mol. The molecule has 0 radical (unpaired) electrons. The van der Waals surface area contributed by atoms with Crippen LogP contribution in [-0.2, 0) is 0 Å². The van der Waals surface area contributed by atoms with E-state index in [1.54, 1.807) is 0 Å². The maximum absolute atomic E-state index is 4.61. The Kier molecular flexibility index (Phi) is 4.62. The van der Waals surface area contributed by atoms with Gasteiger partial charge in [-0.2, -0.15) is 0 Å². The number of rotatable bonds is 3. The van der Waals surface area contributed by atoms with Gasteiger partial charge in [-0.1, -0.05) is 43.7 Å². The number of nitrogens with zero attached hydrogens (tertiary/aromatic N) is 2. The summed E-state index contributed by atoms with van der Waals surface area (Å²) in [5.41, 5.74) is 4.80. The molecule has 0 saturated carbocycles. The molecule has 1 aromatic heterocycles. The molecule has 0 spiro atoms. The average Bonchev–Trinajstić information content (AvgIpc) is 2.55. The van der Waals surface area contributed by atoms with Crippen molar-refractivity contribution in [1.82, 2.24) is 9.97 Å². The van der Waals surface area contributed by atoms with Crippen molar-refractivity contribution < 1.29 is 0 Å². The Bertz CT molecular complexity index is 834. The summed E-state index contributed by atoms with van der Waals surface area (Å²) in [6.07, 6.45) is 9.45. The van der Waals surface area contributed by atoms with Gasteiger partial charge in [-0.25, -0.2) is 9.97 Å². The summed E-state index contributed by atoms with van der Waals surface area (Å²) in [6.45, 7) is 6.62. The fourth-order valence-corrected chi connectivity index (χ4v) is 3.24. The maximum atomic E-state index is 4.61. The molecule has 0 fully saturated rings. The van der Waals surface area contributed by atoms with Crippen molar-refractivity contribution in [3.05, 3.63) is 63.9 Å². The van der Waals surface area contributed by atoms with E-state index in [1.807, 2.05) is 24.4 Å². The number of anilines is 1. The zero-order valence-corrected chi connectivity index (χ0v) is 15.2. The number of halogens is 1. The minimum absolute atomic E-state index is 0.398. The van der Waals surface area contributed by atoms with Crippen LogP contribution in [0, 0.1) is 5.92 Å². The molecule has 0 amide bonds. The number of nitrogens with one attached hydrogen (secondary N) is 1. The van der Waals surface area contributed by atoms with Crippen LogP contribution >= 0.6 is 15.9 Å². The highest BCUT2D eigenvalue weighted by Crippen LogP contribution is 2.27. The fraction of sp³-hybridized carbons (Fsp3) is 0.263. The molecular formula is C19H20BrN3. The molecule has 4 heteroatoms. The van der Waals surface area contributed by atoms with Gasteiger partial charge < -0.3 is 5.32 Å². The van der Waals surface area contributed by atoms with Crippen LogP contribution in [-0.4, -0.2) is 9.97 Å². The first kappa shape index (κ1) is 15.9. The monoisotopic (exact) mass is 369 g/mol. The normalized spacial score (nSPS) is 19.7. The van der Waals surface area contributed by atoms with Gasteiger partial charge in [-0.15, -0.1) is 0 Å². The van der Waals surface area contributed by atoms with Crippen LogP contribution < -0.4 is 5.32 Å². The molecule has 0 bridgehead atoms. The lowest BCUT2D eigenvalue weighted by Crippen LogP contribution is -2.09. The van der Waals surface area contributed by atoms with E-state index >= 15 is 0 Å². The first-order valence-electron chi connectivity index (χ1n) is 7.86. The molecule has 3 nitrogen and oxygen atoms in total. The second kappa shape index (κ2) is 6.67. The zero-order chi connectivity index (χ0) is 16.4. The molecule has 1 N–H and O–H groups in total. The quantitative estimate of drug-likeness (QED) is 0.762. The molecule has 0 saturated heterocycles. The molecule has 1 aromatic carbocycles. The lowest BCUT2D eigenvalue weighted by molar-refractivity contribution is 0.841. The Morgan fingerprint density at radius 2 is 2.13 bits per heavy atom. The summed E-state index contributed by atoms with van der Waals surface area (Å²) in [5.74, 6) is 1.02. The van der Waals surface area contributed by atoms with E-state index in [4.69, 9.17) is 0 Å². The first-order chi connectivity index (χ1) is 11.1. The Morgan fingerprint density at radius 3 is 2.87 bits per heavy atom. The lowest BCUT2D eigenvalue weighted by Gasteiger charge is -2.19. The van der Waals surface area contributed by atoms with E-state index in [9.17, 15) is 0 Å². The molecule has 1 aliphatic rings. The van der Waals surface area contributed by atoms with E-state index in [2.05, 4.69) is 70.2 Å². The van der Waals surface area contributed by atoms with Gasteiger partial charge in [0.25, 0.3) is 0 Å². The third-order valence-electron chi connectivity index (χ3n) is 4.20. The molecule has 2 aromatic rings. The van der Waals surface area contributed by atoms with Gasteiger partial charge >= 0.3 is 0 Å². The van der Waals surface area contributed by atoms with Crippen LogP contribution in [0.15, 0.2) is 63.9 Å². The summed E-state index contributed by atoms with van der Waals surface area (Å²) >= 11 is 3.54. The summed E-state index contributed by atoms with van der Waals surface area (Å²) in [6, 6.07) is 5.99. The van der Waals surface area contributed by atoms with Gasteiger partial charge in [0.2, 0.25) is 5.95 Å². The highest BCUT2D eigenvalue weighted by Gasteiger charge is 2.13. The number of hydrogen-bond acceptors (Lipinski definition) is 3. The second-order valence-electron chi connectivity index (χ2n) is 5.83. The predicted octanol–water partition coefficient (Wildman–Crippen LogP) is 5.62. The Balaban J connectivity index is 1.86. The van der Waals surface area contributed by atoms with Crippen molar-refractivity contribution in [2.75, 3.05) is 5.32 Å². The Labute approximate surface area is 145 Å². The smallest absolute Gasteiger partial charge is 0.227 e. The number of fused-ring (bicyclic) bond motifs is 1. The molecule has 1 heterocycles. The molecule has 3 rings (SSSR count). The molecule has 0 aliphatic heterocycles. The van der Waals surface area contributed by atoms with Crippen LogP contribution in [0.3, 0.4) is 0 Å². The summed E-state index contributed by atoms with van der Waals surface area (Å²) < 4.78 is 0.978. The van der Waals surface area contributed by atoms with E-state index in [0.29, 0.717) is 11.9 Å². The van der Waals surface area contributed by atoms with Crippen LogP contribution in [0.25, 0.3) is 10.9 Å². The molecule has 1 atom stereocenters. The standard InChI is InChI=1S/C19H20BrN3/c1-4-12(2)16-9-8-15(10-13(16)3)22-19-21-11-14-6-5-7-17(20)18(14)23-19/h5-11,13H,4H2,1-3H3,(H,21,22,23)/b16-12+. The summed E-state index contributed by atoms with van der Waals surface area (Å²) in [4.78, 5) is 9.02. The topological polar surface area (TPSA) is 37.8 Å². The largest absolute Gasteiger partial charge is 0.324 e.